The molecule has 1 aromatic rings. The van der Waals surface area contributed by atoms with Crippen LogP contribution in [0, 0.1) is 0 Å². The normalized spacial score (nSPS) is 10.9. The molecular formula is C17H23BrF3NO. The molecule has 0 spiro atoms. The largest absolute Gasteiger partial charge is 1.00 e. The number of benzene rings is 1. The van der Waals surface area contributed by atoms with Crippen LogP contribution in [-0.4, -0.2) is 29.6 Å². The highest BCUT2D eigenvalue weighted by atomic mass is 79.9. The Morgan fingerprint density at radius 3 is 1.74 bits per heavy atom. The molecule has 0 amide bonds. The van der Waals surface area contributed by atoms with Gasteiger partial charge in [-0.15, -0.1) is 0 Å². The smallest absolute Gasteiger partial charge is 0.416 e. The van der Waals surface area contributed by atoms with Crippen LogP contribution in [0.15, 0.2) is 62.2 Å². The summed E-state index contributed by atoms with van der Waals surface area (Å²) >= 11 is 0. The molecule has 23 heavy (non-hydrogen) atoms. The second-order valence-electron chi connectivity index (χ2n) is 5.07. The summed E-state index contributed by atoms with van der Waals surface area (Å²) in [6.45, 7) is 13.1. The van der Waals surface area contributed by atoms with Crippen LogP contribution in [0.25, 0.3) is 0 Å². The Kier molecular flexibility index (Phi) is 10.8. The van der Waals surface area contributed by atoms with Crippen LogP contribution in [0.1, 0.15) is 11.1 Å². The summed E-state index contributed by atoms with van der Waals surface area (Å²) in [5.74, 6) is 0. The van der Waals surface area contributed by atoms with Gasteiger partial charge in [-0.1, -0.05) is 37.9 Å². The number of halogens is 4. The van der Waals surface area contributed by atoms with Crippen molar-refractivity contribution in [2.24, 2.45) is 0 Å². The van der Waals surface area contributed by atoms with E-state index in [1.54, 1.807) is 24.3 Å². The third-order valence-electron chi connectivity index (χ3n) is 3.38. The van der Waals surface area contributed by atoms with Crippen molar-refractivity contribution in [1.82, 2.24) is 0 Å². The van der Waals surface area contributed by atoms with Gasteiger partial charge in [0.2, 0.25) is 0 Å². The molecule has 0 aliphatic rings. The molecule has 0 aromatic heterocycles. The minimum absolute atomic E-state index is 0. The number of hydrogen-bond acceptors (Lipinski definition) is 0. The van der Waals surface area contributed by atoms with E-state index in [1.807, 2.05) is 0 Å². The van der Waals surface area contributed by atoms with Crippen LogP contribution in [0.4, 0.5) is 13.2 Å². The van der Waals surface area contributed by atoms with Gasteiger partial charge in [0.05, 0.1) is 25.2 Å². The van der Waals surface area contributed by atoms with Crippen molar-refractivity contribution >= 4 is 0 Å². The quantitative estimate of drug-likeness (QED) is 0.461. The van der Waals surface area contributed by atoms with Crippen molar-refractivity contribution in [1.29, 1.82) is 0 Å². The van der Waals surface area contributed by atoms with Crippen LogP contribution >= 0.6 is 0 Å². The Bertz CT molecular complexity index is 488. The molecule has 2 N–H and O–H groups in total. The highest BCUT2D eigenvalue weighted by Gasteiger charge is 2.35. The second kappa shape index (κ2) is 10.4. The first-order chi connectivity index (χ1) is 9.88. The van der Waals surface area contributed by atoms with Gasteiger partial charge in [0, 0.05) is 5.56 Å². The van der Waals surface area contributed by atoms with E-state index in [0.29, 0.717) is 24.1 Å². The topological polar surface area (TPSA) is 31.5 Å². The Hall–Kier alpha value is -1.37. The molecule has 0 bridgehead atoms. The minimum Gasteiger partial charge on any atom is -1.00 e. The summed E-state index contributed by atoms with van der Waals surface area (Å²) in [4.78, 5) is 0. The molecule has 0 saturated heterocycles. The summed E-state index contributed by atoms with van der Waals surface area (Å²) in [5.41, 5.74) is -0.291. The van der Waals surface area contributed by atoms with Gasteiger partial charge in [0.1, 0.15) is 6.54 Å². The lowest BCUT2D eigenvalue weighted by Crippen LogP contribution is -3.00. The summed E-state index contributed by atoms with van der Waals surface area (Å²) in [6, 6.07) is 5.70. The maximum absolute atomic E-state index is 13.1. The monoisotopic (exact) mass is 393 g/mol. The first kappa shape index (κ1) is 23.9. The van der Waals surface area contributed by atoms with Gasteiger partial charge < -0.3 is 26.9 Å². The summed E-state index contributed by atoms with van der Waals surface area (Å²) < 4.78 is 39.7. The number of hydrogen-bond donors (Lipinski definition) is 0. The molecular weight excluding hydrogens is 371 g/mol. The van der Waals surface area contributed by atoms with Crippen molar-refractivity contribution in [2.45, 2.75) is 12.7 Å². The fraction of sp³-hybridized carbons (Fsp3) is 0.294. The zero-order valence-corrected chi connectivity index (χ0v) is 14.5. The fourth-order valence-electron chi connectivity index (χ4n) is 2.53. The Balaban J connectivity index is 0. The Labute approximate surface area is 146 Å². The molecule has 1 rings (SSSR count). The predicted octanol–water partition coefficient (Wildman–Crippen LogP) is 0.759. The molecule has 1 aromatic carbocycles. The van der Waals surface area contributed by atoms with Crippen molar-refractivity contribution < 1.29 is 40.1 Å². The van der Waals surface area contributed by atoms with Crippen molar-refractivity contribution in [3.05, 3.63) is 73.4 Å². The molecule has 0 atom stereocenters. The third kappa shape index (κ3) is 6.72. The maximum Gasteiger partial charge on any atom is 0.416 e. The zero-order valence-electron chi connectivity index (χ0n) is 13.0. The van der Waals surface area contributed by atoms with E-state index in [2.05, 4.69) is 19.7 Å². The first-order valence-corrected chi connectivity index (χ1v) is 6.71. The average Bonchev–Trinajstić information content (AvgIpc) is 2.39. The minimum atomic E-state index is -4.34. The van der Waals surface area contributed by atoms with E-state index in [0.717, 1.165) is 6.07 Å². The van der Waals surface area contributed by atoms with Crippen molar-refractivity contribution in [3.63, 3.8) is 0 Å². The number of rotatable bonds is 8. The lowest BCUT2D eigenvalue weighted by atomic mass is 10.0. The molecule has 0 aliphatic heterocycles. The molecule has 6 heteroatoms. The standard InChI is InChI=1S/C17H21F3N.BrH.H2O/c1-4-11-21(12-5-2,13-6-3)14-15-9-7-8-10-16(15)17(18,19)20;;/h4-10H,1-3,11-14H2;1H;1H2/q+1;;/p-1. The van der Waals surface area contributed by atoms with E-state index in [4.69, 9.17) is 0 Å². The van der Waals surface area contributed by atoms with E-state index in [9.17, 15) is 13.2 Å². The van der Waals surface area contributed by atoms with Gasteiger partial charge in [0.25, 0.3) is 0 Å². The van der Waals surface area contributed by atoms with Crippen LogP contribution in [-0.2, 0) is 12.7 Å². The van der Waals surface area contributed by atoms with Gasteiger partial charge >= 0.3 is 6.18 Å². The van der Waals surface area contributed by atoms with Gasteiger partial charge in [-0.3, -0.25) is 0 Å². The molecule has 0 unspecified atom stereocenters. The first-order valence-electron chi connectivity index (χ1n) is 6.71. The summed E-state index contributed by atoms with van der Waals surface area (Å²) in [7, 11) is 0. The lowest BCUT2D eigenvalue weighted by molar-refractivity contribution is -0.925. The van der Waals surface area contributed by atoms with E-state index in [1.165, 1.54) is 12.1 Å². The SMILES string of the molecule is C=CC[N+](CC=C)(CC=C)Cc1ccccc1C(F)(F)F.O.[Br-]. The van der Waals surface area contributed by atoms with Crippen LogP contribution in [0.3, 0.4) is 0 Å². The molecule has 0 fully saturated rings. The van der Waals surface area contributed by atoms with Crippen molar-refractivity contribution in [2.75, 3.05) is 19.6 Å². The van der Waals surface area contributed by atoms with E-state index >= 15 is 0 Å². The highest BCUT2D eigenvalue weighted by Crippen LogP contribution is 2.33. The van der Waals surface area contributed by atoms with E-state index in [-0.39, 0.29) is 34.6 Å². The number of nitrogens with zero attached hydrogens (tertiary/aromatic N) is 1. The maximum atomic E-state index is 13.1. The molecule has 2 nitrogen and oxygen atoms in total. The highest BCUT2D eigenvalue weighted by molar-refractivity contribution is 5.29. The number of alkyl halides is 3. The van der Waals surface area contributed by atoms with Gasteiger partial charge in [0.15, 0.2) is 0 Å². The lowest BCUT2D eigenvalue weighted by Gasteiger charge is -2.36. The van der Waals surface area contributed by atoms with Crippen molar-refractivity contribution in [3.8, 4) is 0 Å². The summed E-state index contributed by atoms with van der Waals surface area (Å²) in [6.07, 6.45) is 0.832. The van der Waals surface area contributed by atoms with Crippen LogP contribution in [0.5, 0.6) is 0 Å². The Morgan fingerprint density at radius 2 is 1.35 bits per heavy atom. The summed E-state index contributed by atoms with van der Waals surface area (Å²) in [5, 5.41) is 0. The molecule has 130 valence electrons. The Morgan fingerprint density at radius 1 is 0.913 bits per heavy atom. The molecule has 0 saturated carbocycles. The number of quaternary nitrogens is 1. The molecule has 0 radical (unpaired) electrons. The van der Waals surface area contributed by atoms with E-state index < -0.39 is 11.7 Å². The predicted molar refractivity (Wildman–Crippen MR) is 84.2 cm³/mol. The average molecular weight is 394 g/mol. The van der Waals surface area contributed by atoms with Gasteiger partial charge in [-0.05, 0) is 24.3 Å². The second-order valence-corrected chi connectivity index (χ2v) is 5.07. The zero-order chi connectivity index (χ0) is 15.9. The third-order valence-corrected chi connectivity index (χ3v) is 3.38. The molecule has 0 heterocycles. The van der Waals surface area contributed by atoms with Gasteiger partial charge in [-0.2, -0.15) is 13.2 Å². The fourth-order valence-corrected chi connectivity index (χ4v) is 2.53. The van der Waals surface area contributed by atoms with Crippen LogP contribution in [0.2, 0.25) is 0 Å². The molecule has 0 aliphatic carbocycles. The van der Waals surface area contributed by atoms with Gasteiger partial charge in [-0.25, -0.2) is 0 Å². The van der Waals surface area contributed by atoms with Crippen LogP contribution < -0.4 is 17.0 Å².